The molecule has 0 fully saturated rings. The first-order valence-electron chi connectivity index (χ1n) is 9.58. The molecule has 0 aliphatic rings. The monoisotopic (exact) mass is 529 g/mol. The van der Waals surface area contributed by atoms with Gasteiger partial charge in [-0.05, 0) is 43.7 Å². The van der Waals surface area contributed by atoms with Gasteiger partial charge in [-0.2, -0.15) is 0 Å². The van der Waals surface area contributed by atoms with Gasteiger partial charge in [0.15, 0.2) is 0 Å². The third-order valence-corrected chi connectivity index (χ3v) is 6.59. The second kappa shape index (κ2) is 11.0. The van der Waals surface area contributed by atoms with Crippen LogP contribution in [0.5, 0.6) is 0 Å². The number of halogens is 2. The number of anilines is 1. The van der Waals surface area contributed by atoms with Crippen molar-refractivity contribution < 1.29 is 18.0 Å². The van der Waals surface area contributed by atoms with E-state index < -0.39 is 28.5 Å². The minimum absolute atomic E-state index is 0.0624. The van der Waals surface area contributed by atoms with Crippen molar-refractivity contribution in [1.29, 1.82) is 0 Å². The number of nitrogens with zero attached hydrogens (tertiary/aromatic N) is 2. The van der Waals surface area contributed by atoms with Crippen LogP contribution in [0.25, 0.3) is 0 Å². The van der Waals surface area contributed by atoms with Crippen LogP contribution in [0.4, 0.5) is 5.69 Å². The number of rotatable bonds is 9. The van der Waals surface area contributed by atoms with Crippen molar-refractivity contribution in [2.45, 2.75) is 26.4 Å². The van der Waals surface area contributed by atoms with Gasteiger partial charge in [0.25, 0.3) is 0 Å². The van der Waals surface area contributed by atoms with E-state index in [1.54, 1.807) is 62.4 Å². The summed E-state index contributed by atoms with van der Waals surface area (Å²) in [6.07, 6.45) is 1.03. The van der Waals surface area contributed by atoms with Gasteiger partial charge in [0.1, 0.15) is 12.6 Å². The number of carbonyl (C=O) groups is 2. The van der Waals surface area contributed by atoms with Crippen LogP contribution in [-0.4, -0.2) is 50.5 Å². The number of carbonyl (C=O) groups excluding carboxylic acids is 2. The lowest BCUT2D eigenvalue weighted by Gasteiger charge is -2.31. The average Bonchev–Trinajstić information content (AvgIpc) is 2.70. The van der Waals surface area contributed by atoms with E-state index in [0.29, 0.717) is 27.3 Å². The molecule has 31 heavy (non-hydrogen) atoms. The molecule has 2 amide bonds. The largest absolute Gasteiger partial charge is 0.355 e. The fourth-order valence-electron chi connectivity index (χ4n) is 2.96. The van der Waals surface area contributed by atoms with Crippen LogP contribution in [0, 0.1) is 0 Å². The normalized spacial score (nSPS) is 12.2. The van der Waals surface area contributed by atoms with Crippen LogP contribution in [0.1, 0.15) is 19.4 Å². The maximum Gasteiger partial charge on any atom is 0.244 e. The third kappa shape index (κ3) is 6.95. The first kappa shape index (κ1) is 25.2. The summed E-state index contributed by atoms with van der Waals surface area (Å²) in [6.45, 7) is 3.40. The molecular formula is C21H25BrClN3O4S. The zero-order valence-corrected chi connectivity index (χ0v) is 20.7. The predicted molar refractivity (Wildman–Crippen MR) is 126 cm³/mol. The van der Waals surface area contributed by atoms with Crippen molar-refractivity contribution in [1.82, 2.24) is 10.2 Å². The Labute approximate surface area is 196 Å². The molecular weight excluding hydrogens is 506 g/mol. The van der Waals surface area contributed by atoms with E-state index in [4.69, 9.17) is 11.6 Å². The topological polar surface area (TPSA) is 86.8 Å². The molecule has 0 saturated heterocycles. The molecule has 0 unspecified atom stereocenters. The molecule has 0 spiro atoms. The number of sulfonamides is 1. The summed E-state index contributed by atoms with van der Waals surface area (Å²) >= 11 is 9.58. The lowest BCUT2D eigenvalue weighted by Crippen LogP contribution is -2.51. The number of amides is 2. The van der Waals surface area contributed by atoms with Crippen LogP contribution in [0.3, 0.4) is 0 Å². The summed E-state index contributed by atoms with van der Waals surface area (Å²) in [5.41, 5.74) is 0.996. The van der Waals surface area contributed by atoms with Gasteiger partial charge in [-0.3, -0.25) is 13.9 Å². The van der Waals surface area contributed by atoms with E-state index in [1.165, 1.54) is 4.90 Å². The smallest absolute Gasteiger partial charge is 0.244 e. The van der Waals surface area contributed by atoms with Gasteiger partial charge in [-0.15, -0.1) is 0 Å². The molecule has 0 aliphatic carbocycles. The summed E-state index contributed by atoms with van der Waals surface area (Å²) in [5.74, 6) is -0.861. The third-order valence-electron chi connectivity index (χ3n) is 4.59. The Bertz CT molecular complexity index is 1050. The molecule has 0 saturated carbocycles. The number of benzene rings is 2. The minimum Gasteiger partial charge on any atom is -0.355 e. The Morgan fingerprint density at radius 2 is 1.84 bits per heavy atom. The standard InChI is InChI=1S/C21H25BrClN3O4S/c1-4-24-21(28)15(2)25(13-16-8-5-6-11-19(16)23)20(27)14-26(31(3,29)30)18-10-7-9-17(22)12-18/h5-12,15H,4,13-14H2,1-3H3,(H,24,28)/t15-/m1/s1. The molecule has 168 valence electrons. The van der Waals surface area contributed by atoms with E-state index in [-0.39, 0.29) is 12.5 Å². The molecule has 1 atom stereocenters. The Balaban J connectivity index is 2.40. The molecule has 2 aromatic carbocycles. The lowest BCUT2D eigenvalue weighted by molar-refractivity contribution is -0.139. The van der Waals surface area contributed by atoms with Crippen molar-refractivity contribution in [2.24, 2.45) is 0 Å². The summed E-state index contributed by atoms with van der Waals surface area (Å²) < 4.78 is 26.6. The number of hydrogen-bond acceptors (Lipinski definition) is 4. The van der Waals surface area contributed by atoms with Gasteiger partial charge < -0.3 is 10.2 Å². The quantitative estimate of drug-likeness (QED) is 0.538. The van der Waals surface area contributed by atoms with E-state index in [0.717, 1.165) is 10.6 Å². The van der Waals surface area contributed by atoms with Gasteiger partial charge in [0.2, 0.25) is 21.8 Å². The van der Waals surface area contributed by atoms with Crippen molar-refractivity contribution in [3.05, 3.63) is 63.6 Å². The molecule has 1 N–H and O–H groups in total. The molecule has 0 aromatic heterocycles. The highest BCUT2D eigenvalue weighted by Gasteiger charge is 2.30. The van der Waals surface area contributed by atoms with Crippen LogP contribution >= 0.6 is 27.5 Å². The van der Waals surface area contributed by atoms with Crippen LogP contribution in [0.2, 0.25) is 5.02 Å². The van der Waals surface area contributed by atoms with E-state index in [1.807, 2.05) is 0 Å². The first-order chi connectivity index (χ1) is 14.5. The van der Waals surface area contributed by atoms with Gasteiger partial charge in [-0.25, -0.2) is 8.42 Å². The van der Waals surface area contributed by atoms with Gasteiger partial charge in [-0.1, -0.05) is 51.8 Å². The summed E-state index contributed by atoms with van der Waals surface area (Å²) in [7, 11) is -3.76. The molecule has 0 aliphatic heterocycles. The number of hydrogen-bond donors (Lipinski definition) is 1. The van der Waals surface area contributed by atoms with Gasteiger partial charge in [0, 0.05) is 22.6 Å². The molecule has 10 heteroatoms. The van der Waals surface area contributed by atoms with Crippen molar-refractivity contribution in [3.8, 4) is 0 Å². The Morgan fingerprint density at radius 1 is 1.16 bits per heavy atom. The van der Waals surface area contributed by atoms with E-state index >= 15 is 0 Å². The fourth-order valence-corrected chi connectivity index (χ4v) is 4.38. The van der Waals surface area contributed by atoms with E-state index in [2.05, 4.69) is 21.2 Å². The van der Waals surface area contributed by atoms with Gasteiger partial charge in [0.05, 0.1) is 11.9 Å². The van der Waals surface area contributed by atoms with Crippen LogP contribution < -0.4 is 9.62 Å². The number of nitrogens with one attached hydrogen (secondary N) is 1. The summed E-state index contributed by atoms with van der Waals surface area (Å²) in [6, 6.07) is 12.8. The number of likely N-dealkylation sites (N-methyl/N-ethyl adjacent to an activating group) is 1. The Hall–Kier alpha value is -2.10. The molecule has 0 bridgehead atoms. The molecule has 7 nitrogen and oxygen atoms in total. The molecule has 0 radical (unpaired) electrons. The fraction of sp³-hybridized carbons (Fsp3) is 0.333. The average molecular weight is 531 g/mol. The van der Waals surface area contributed by atoms with E-state index in [9.17, 15) is 18.0 Å². The zero-order chi connectivity index (χ0) is 23.2. The summed E-state index contributed by atoms with van der Waals surface area (Å²) in [4.78, 5) is 27.1. The SMILES string of the molecule is CCNC(=O)[C@@H](C)N(Cc1ccccc1Cl)C(=O)CN(c1cccc(Br)c1)S(C)(=O)=O. The maximum atomic E-state index is 13.3. The minimum atomic E-state index is -3.76. The highest BCUT2D eigenvalue weighted by molar-refractivity contribution is 9.10. The van der Waals surface area contributed by atoms with Crippen LogP contribution in [0.15, 0.2) is 53.0 Å². The highest BCUT2D eigenvalue weighted by Crippen LogP contribution is 2.23. The van der Waals surface area contributed by atoms with Crippen molar-refractivity contribution in [3.63, 3.8) is 0 Å². The Morgan fingerprint density at radius 3 is 2.42 bits per heavy atom. The summed E-state index contributed by atoms with van der Waals surface area (Å²) in [5, 5.41) is 3.15. The van der Waals surface area contributed by atoms with Gasteiger partial charge >= 0.3 is 0 Å². The molecule has 2 aromatic rings. The maximum absolute atomic E-state index is 13.3. The predicted octanol–water partition coefficient (Wildman–Crippen LogP) is 3.42. The highest BCUT2D eigenvalue weighted by atomic mass is 79.9. The van der Waals surface area contributed by atoms with Crippen molar-refractivity contribution in [2.75, 3.05) is 23.7 Å². The Kier molecular flexibility index (Phi) is 8.90. The lowest BCUT2D eigenvalue weighted by atomic mass is 10.1. The molecule has 2 rings (SSSR count). The molecule has 0 heterocycles. The zero-order valence-electron chi connectivity index (χ0n) is 17.5. The second-order valence-corrected chi connectivity index (χ2v) is 10.2. The second-order valence-electron chi connectivity index (χ2n) is 6.93. The van der Waals surface area contributed by atoms with Crippen LogP contribution in [-0.2, 0) is 26.2 Å². The first-order valence-corrected chi connectivity index (χ1v) is 12.6. The van der Waals surface area contributed by atoms with Crippen molar-refractivity contribution >= 4 is 55.1 Å².